The number of carbonyl (C=O) groups excluding carboxylic acids is 10. The summed E-state index contributed by atoms with van der Waals surface area (Å²) in [5.41, 5.74) is -0.207. The Hall–Kier alpha value is -11.5. The van der Waals surface area contributed by atoms with Gasteiger partial charge in [0.05, 0.1) is 98.8 Å². The number of ether oxygens (including phenoxy) is 14. The minimum absolute atomic E-state index is 0. The molecule has 4 aromatic carbocycles. The highest BCUT2D eigenvalue weighted by atomic mass is 16.7. The van der Waals surface area contributed by atoms with Crippen molar-refractivity contribution in [2.45, 2.75) is 286 Å². The molecule has 9 atom stereocenters. The molecular formula is C100H154N8O27. The number of aliphatic hydroxyl groups excluding tert-OH is 1. The van der Waals surface area contributed by atoms with Crippen molar-refractivity contribution in [3.05, 3.63) is 142 Å². The molecule has 0 spiro atoms. The molecule has 4 aromatic rings. The molecule has 10 rings (SSSR count). The van der Waals surface area contributed by atoms with Gasteiger partial charge in [-0.1, -0.05) is 49.9 Å². The molecule has 0 aliphatic carbocycles. The zero-order valence-electron chi connectivity index (χ0n) is 82.7. The topological polar surface area (TPSA) is 398 Å². The fraction of sp³-hybridized carbons (Fsp3) is 0.620. The van der Waals surface area contributed by atoms with Gasteiger partial charge in [0, 0.05) is 123 Å². The van der Waals surface area contributed by atoms with E-state index in [1.54, 1.807) is 156 Å². The molecule has 0 radical (unpaired) electrons. The number of hydrogen-bond donors (Lipinski definition) is 3. The number of piperidine rings is 3. The van der Waals surface area contributed by atoms with Crippen molar-refractivity contribution < 1.29 is 122 Å². The molecule has 6 saturated heterocycles. The zero-order valence-corrected chi connectivity index (χ0v) is 82.7. The van der Waals surface area contributed by atoms with Crippen LogP contribution in [0.2, 0.25) is 0 Å². The normalized spacial score (nSPS) is 19.9. The first-order valence-corrected chi connectivity index (χ1v) is 45.7. The molecule has 756 valence electrons. The van der Waals surface area contributed by atoms with Crippen molar-refractivity contribution >= 4 is 60.1 Å². The monoisotopic (exact) mass is 1900 g/mol. The molecule has 0 aromatic heterocycles. The average molecular weight is 1900 g/mol. The van der Waals surface area contributed by atoms with Gasteiger partial charge >= 0.3 is 36.4 Å². The molecule has 6 aliphatic heterocycles. The highest BCUT2D eigenvalue weighted by Gasteiger charge is 2.51. The number of nitrogens with zero attached hydrogens (tertiary/aromatic N) is 6. The summed E-state index contributed by atoms with van der Waals surface area (Å²) >= 11 is 0. The number of rotatable bonds is 31. The molecule has 6 aliphatic rings. The van der Waals surface area contributed by atoms with E-state index in [0.717, 1.165) is 54.4 Å². The first-order chi connectivity index (χ1) is 63.1. The number of cyclic esters (lactones) is 1. The molecule has 3 N–H and O–H groups in total. The van der Waals surface area contributed by atoms with E-state index in [4.69, 9.17) is 76.2 Å². The first-order valence-electron chi connectivity index (χ1n) is 45.7. The summed E-state index contributed by atoms with van der Waals surface area (Å²) in [5, 5.41) is 15.1. The predicted octanol–water partition coefficient (Wildman–Crippen LogP) is 16.5. The van der Waals surface area contributed by atoms with E-state index in [9.17, 15) is 53.1 Å². The van der Waals surface area contributed by atoms with E-state index in [1.807, 2.05) is 126 Å². The minimum atomic E-state index is -0.777. The van der Waals surface area contributed by atoms with Crippen LogP contribution in [0.5, 0.6) is 34.5 Å². The Bertz CT molecular complexity index is 4570. The van der Waals surface area contributed by atoms with Gasteiger partial charge in [0.1, 0.15) is 75.5 Å². The Kier molecular flexibility index (Phi) is 44.4. The van der Waals surface area contributed by atoms with Crippen LogP contribution in [0.1, 0.15) is 221 Å². The van der Waals surface area contributed by atoms with Crippen LogP contribution >= 0.6 is 0 Å². The standard InChI is InChI=1S/C26H38N2O7.C26H36N2O6.C25H38N2O6.C22H34N2O6.CH4.O2.2H2/c1-7-34-23(29)13-11-20(27-25(31)35-26(2,3)4)15-18-9-8-14-28(24(18)30)17-19-10-12-21(32-5)16-22(19)33-6;1-7-11-19(15-21-28(26(5,6)17-33-21)24(31)34-25(2,3)4)22(29)27-20(16-32-23(27)30)14-18-12-9-8-10-13-18;1-24(2,3)33-23(29)27-19(16-32-25(27,4)5)13-17-9-8-12-26(22(17)28)15-18-10-11-20(30-6)14-21(18)31-7;1-22(2,3)30-21(27)23-17(14-25)11-15-7-6-10-24(20(15)26)13-16-8-9-18(28-4)12-19(16)29-5;;1-2;;/h10-13,16,18,20H,7-9,14-15,17H2,1-6H3,(H,27,31);7-10,12-13,19-21H,1,11,14-17H2,2-6H3;10-11,14,17,19H,8-9,12-13,15-16H2,1-7H3;8-9,12,15,17,25H,6-7,10-11,13-14H2,1-5H3,(H,23,27);1H4;;2*1H/b13-11+;;;;;;;/t18-,20+;19-,20-,21+;17-,19-;15-,17-;;;;/m0000..../s1/i;;;;;;1+1;. The van der Waals surface area contributed by atoms with Crippen molar-refractivity contribution in [1.29, 1.82) is 0 Å². The lowest BCUT2D eigenvalue weighted by Crippen LogP contribution is -2.51. The van der Waals surface area contributed by atoms with E-state index < -0.39 is 100 Å². The Balaban J connectivity index is 0.000000464. The molecular weight excluding hydrogens is 1750 g/mol. The zero-order chi connectivity index (χ0) is 99.8. The largest absolute Gasteiger partial charge is 0.497 e. The van der Waals surface area contributed by atoms with Crippen LogP contribution < -0.4 is 39.1 Å². The number of allylic oxidation sites excluding steroid dienone is 1. The van der Waals surface area contributed by atoms with Gasteiger partial charge in [-0.15, -0.1) is 6.58 Å². The Morgan fingerprint density at radius 1 is 0.570 bits per heavy atom. The fourth-order valence-corrected chi connectivity index (χ4v) is 16.5. The smallest absolute Gasteiger partial charge is 0.416 e. The lowest BCUT2D eigenvalue weighted by molar-refractivity contribution is -0.140. The number of esters is 1. The van der Waals surface area contributed by atoms with Gasteiger partial charge in [-0.25, -0.2) is 33.7 Å². The maximum Gasteiger partial charge on any atom is 0.416 e. The SMILES string of the molecule is C.C=CC[C@@H](C[C@H]1OCC(C)(C)N1C(=O)OC(C)(C)C)C(=O)N1C(=O)OC[C@@H]1Cc1ccccc1.CCOC(=O)/C=C/[C@H](C[C@@H]1CCCN(Cc2ccc(OC)cc2OC)C1=O)NC(=O)OC(C)(C)C.COc1ccc(CN2CCC[C@@H](C[C@@H](CO)NC(=O)OC(C)(C)C)C2=O)c(OC)c1.COc1ccc(CN2CCC[C@@H](C[C@H]3COC(C)(C)N3C(=O)OC(C)(C)C)C2=O)c(OC)c1.O=O.[2HH].[HH]. The van der Waals surface area contributed by atoms with Crippen LogP contribution in [0.25, 0.3) is 0 Å². The van der Waals surface area contributed by atoms with E-state index in [2.05, 4.69) is 17.2 Å². The average Bonchev–Trinajstić information content (AvgIpc) is 1.64. The van der Waals surface area contributed by atoms with Crippen molar-refractivity contribution in [2.75, 3.05) is 95.3 Å². The van der Waals surface area contributed by atoms with Gasteiger partial charge in [0.2, 0.25) is 23.6 Å². The summed E-state index contributed by atoms with van der Waals surface area (Å²) in [4.78, 5) is 152. The van der Waals surface area contributed by atoms with E-state index in [1.165, 1.54) is 11.0 Å². The summed E-state index contributed by atoms with van der Waals surface area (Å²) in [6.45, 7) is 38.8. The Morgan fingerprint density at radius 3 is 1.44 bits per heavy atom. The number of nitrogens with one attached hydrogen (secondary N) is 2. The third-order valence-corrected chi connectivity index (χ3v) is 22.7. The van der Waals surface area contributed by atoms with Gasteiger partial charge in [-0.05, 0) is 230 Å². The number of hydrogen-bond acceptors (Lipinski definition) is 27. The van der Waals surface area contributed by atoms with Crippen LogP contribution in [0.4, 0.5) is 24.0 Å². The van der Waals surface area contributed by atoms with Crippen LogP contribution in [-0.4, -0.2) is 254 Å². The Morgan fingerprint density at radius 2 is 1.01 bits per heavy atom. The highest BCUT2D eigenvalue weighted by Crippen LogP contribution is 2.40. The molecule has 6 fully saturated rings. The number of aliphatic hydroxyl groups is 1. The molecule has 0 saturated carbocycles. The third kappa shape index (κ3) is 35.6. The maximum absolute atomic E-state index is 13.6. The highest BCUT2D eigenvalue weighted by molar-refractivity contribution is 5.95. The fourth-order valence-electron chi connectivity index (χ4n) is 16.5. The van der Waals surface area contributed by atoms with Gasteiger partial charge in [-0.2, -0.15) is 0 Å². The van der Waals surface area contributed by atoms with Crippen LogP contribution in [-0.2, 0) is 87.9 Å². The number of imide groups is 1. The molecule has 0 bridgehead atoms. The van der Waals surface area contributed by atoms with Crippen molar-refractivity contribution in [2.24, 2.45) is 23.7 Å². The summed E-state index contributed by atoms with van der Waals surface area (Å²) in [6, 6.07) is 24.7. The quantitative estimate of drug-likeness (QED) is 0.0182. The summed E-state index contributed by atoms with van der Waals surface area (Å²) in [7, 11) is 9.59. The van der Waals surface area contributed by atoms with Gasteiger partial charge < -0.3 is 96.8 Å². The summed E-state index contributed by atoms with van der Waals surface area (Å²) in [5.74, 6) is 2.01. The van der Waals surface area contributed by atoms with Crippen LogP contribution in [0, 0.1) is 33.6 Å². The van der Waals surface area contributed by atoms with E-state index in [-0.39, 0.29) is 83.9 Å². The molecule has 35 nitrogen and oxygen atoms in total. The van der Waals surface area contributed by atoms with E-state index in [0.29, 0.717) is 126 Å². The Labute approximate surface area is 800 Å². The number of carbonyl (C=O) groups is 10. The van der Waals surface area contributed by atoms with E-state index >= 15 is 0 Å². The maximum atomic E-state index is 13.6. The summed E-state index contributed by atoms with van der Waals surface area (Å²) < 4.78 is 76.1. The second kappa shape index (κ2) is 52.6. The second-order valence-corrected chi connectivity index (χ2v) is 38.7. The van der Waals surface area contributed by atoms with Crippen molar-refractivity contribution in [3.63, 3.8) is 0 Å². The van der Waals surface area contributed by atoms with Crippen LogP contribution in [0.3, 0.4) is 0 Å². The lowest BCUT2D eigenvalue weighted by atomic mass is 9.90. The lowest BCUT2D eigenvalue weighted by Gasteiger charge is -2.38. The van der Waals surface area contributed by atoms with Gasteiger partial charge in [0.15, 0.2) is 0 Å². The first kappa shape index (κ1) is 114. The number of methoxy groups -OCH3 is 6. The van der Waals surface area contributed by atoms with Crippen molar-refractivity contribution in [1.82, 2.24) is 40.0 Å². The molecule has 35 heteroatoms. The summed E-state index contributed by atoms with van der Waals surface area (Å²) in [6.07, 6.45) is 8.21. The number of benzene rings is 4. The predicted molar refractivity (Wildman–Crippen MR) is 513 cm³/mol. The molecule has 9 amide bonds. The second-order valence-electron chi connectivity index (χ2n) is 38.7. The minimum Gasteiger partial charge on any atom is -0.497 e. The molecule has 6 heterocycles. The van der Waals surface area contributed by atoms with Crippen molar-refractivity contribution in [3.8, 4) is 34.5 Å². The molecule has 135 heavy (non-hydrogen) atoms. The van der Waals surface area contributed by atoms with Crippen LogP contribution in [0.15, 0.2) is 110 Å². The molecule has 0 unspecified atom stereocenters. The van der Waals surface area contributed by atoms with Gasteiger partial charge in [-0.3, -0.25) is 29.0 Å². The number of amides is 9. The third-order valence-electron chi connectivity index (χ3n) is 22.7. The van der Waals surface area contributed by atoms with Gasteiger partial charge in [0.25, 0.3) is 0 Å². The number of alkyl carbamates (subject to hydrolysis) is 2. The number of likely N-dealkylation sites (tertiary alicyclic amines) is 3.